The zero-order chi connectivity index (χ0) is 30.7. The molecule has 0 amide bonds. The summed E-state index contributed by atoms with van der Waals surface area (Å²) in [4.78, 5) is 13.1. The van der Waals surface area contributed by atoms with Crippen LogP contribution in [0.25, 0.3) is 0 Å². The van der Waals surface area contributed by atoms with Crippen LogP contribution in [-0.4, -0.2) is 11.8 Å². The van der Waals surface area contributed by atoms with E-state index < -0.39 is 5.97 Å². The van der Waals surface area contributed by atoms with Crippen LogP contribution in [0.1, 0.15) is 96.4 Å². The fourth-order valence-corrected chi connectivity index (χ4v) is 5.88. The Hall–Kier alpha value is -3.93. The second kappa shape index (κ2) is 10.4. The van der Waals surface area contributed by atoms with E-state index >= 15 is 0 Å². The van der Waals surface area contributed by atoms with Gasteiger partial charge in [-0.2, -0.15) is 0 Å². The van der Waals surface area contributed by atoms with E-state index in [4.69, 9.17) is 18.9 Å². The smallest absolute Gasteiger partial charge is 0.324 e. The van der Waals surface area contributed by atoms with Crippen molar-refractivity contribution in [1.29, 1.82) is 0 Å². The van der Waals surface area contributed by atoms with Gasteiger partial charge in [0.25, 0.3) is 0 Å². The fourth-order valence-electron chi connectivity index (χ4n) is 5.88. The maximum Gasteiger partial charge on any atom is 0.324 e. The van der Waals surface area contributed by atoms with Gasteiger partial charge in [0.15, 0.2) is 5.78 Å². The Morgan fingerprint density at radius 2 is 1.21 bits per heavy atom. The van der Waals surface area contributed by atoms with Gasteiger partial charge in [-0.15, -0.1) is 0 Å². The molecule has 6 rings (SSSR count). The topological polar surface area (TPSA) is 54.0 Å². The van der Waals surface area contributed by atoms with E-state index in [0.29, 0.717) is 30.1 Å². The van der Waals surface area contributed by atoms with Crippen molar-refractivity contribution < 1.29 is 23.7 Å². The van der Waals surface area contributed by atoms with E-state index in [1.54, 1.807) is 0 Å². The highest BCUT2D eigenvalue weighted by atomic mass is 16.9. The number of fused-ring (bicyclic) bond motifs is 1. The summed E-state index contributed by atoms with van der Waals surface area (Å²) < 4.78 is 24.1. The van der Waals surface area contributed by atoms with Gasteiger partial charge in [0.2, 0.25) is 0 Å². The van der Waals surface area contributed by atoms with Crippen molar-refractivity contribution in [3.05, 3.63) is 123 Å². The van der Waals surface area contributed by atoms with Crippen LogP contribution in [0, 0.1) is 13.8 Å². The van der Waals surface area contributed by atoms with Crippen molar-refractivity contribution >= 4 is 5.78 Å². The van der Waals surface area contributed by atoms with Crippen molar-refractivity contribution in [3.8, 4) is 17.2 Å². The molecule has 0 aromatic heterocycles. The molecule has 4 aromatic carbocycles. The molecule has 2 aliphatic heterocycles. The Morgan fingerprint density at radius 3 is 1.72 bits per heavy atom. The Kier molecular flexibility index (Phi) is 7.02. The molecule has 222 valence electrons. The second-order valence-electron chi connectivity index (χ2n) is 13.5. The first kappa shape index (κ1) is 29.2. The molecule has 0 saturated heterocycles. The van der Waals surface area contributed by atoms with E-state index in [0.717, 1.165) is 33.8 Å². The molecule has 0 radical (unpaired) electrons. The highest BCUT2D eigenvalue weighted by Crippen LogP contribution is 2.44. The van der Waals surface area contributed by atoms with Crippen LogP contribution in [0.4, 0.5) is 0 Å². The molecule has 43 heavy (non-hydrogen) atoms. The molecule has 2 aliphatic rings. The molecule has 0 unspecified atom stereocenters. The van der Waals surface area contributed by atoms with Crippen LogP contribution >= 0.6 is 0 Å². The molecule has 0 spiro atoms. The minimum atomic E-state index is -0.991. The van der Waals surface area contributed by atoms with Crippen molar-refractivity contribution in [1.82, 2.24) is 0 Å². The highest BCUT2D eigenvalue weighted by molar-refractivity contribution is 6.09. The molecule has 5 heteroatoms. The first-order valence-electron chi connectivity index (χ1n) is 14.9. The first-order chi connectivity index (χ1) is 20.2. The fraction of sp³-hybridized carbons (Fsp3) is 0.342. The van der Waals surface area contributed by atoms with E-state index in [1.807, 2.05) is 55.5 Å². The summed E-state index contributed by atoms with van der Waals surface area (Å²) in [6, 6.07) is 24.1. The van der Waals surface area contributed by atoms with Gasteiger partial charge >= 0.3 is 5.97 Å². The summed E-state index contributed by atoms with van der Waals surface area (Å²) in [6.45, 7) is 17.9. The summed E-state index contributed by atoms with van der Waals surface area (Å²) in [5, 5.41) is 0. The molecule has 0 N–H and O–H groups in total. The van der Waals surface area contributed by atoms with Crippen LogP contribution in [0.3, 0.4) is 0 Å². The van der Waals surface area contributed by atoms with Crippen molar-refractivity contribution in [2.75, 3.05) is 0 Å². The summed E-state index contributed by atoms with van der Waals surface area (Å²) in [7, 11) is 0. The maximum absolute atomic E-state index is 13.1. The van der Waals surface area contributed by atoms with E-state index in [-0.39, 0.29) is 16.6 Å². The lowest BCUT2D eigenvalue weighted by molar-refractivity contribution is -0.361. The van der Waals surface area contributed by atoms with Gasteiger partial charge in [-0.3, -0.25) is 4.79 Å². The summed E-state index contributed by atoms with van der Waals surface area (Å²) in [6.07, 6.45) is 0. The number of benzene rings is 4. The summed E-state index contributed by atoms with van der Waals surface area (Å²) in [5.74, 6) is 1.42. The molecule has 0 fully saturated rings. The van der Waals surface area contributed by atoms with Gasteiger partial charge in [-0.1, -0.05) is 71.0 Å². The Labute approximate surface area is 254 Å². The zero-order valence-corrected chi connectivity index (χ0v) is 26.4. The number of hydrogen-bond donors (Lipinski definition) is 0. The minimum Gasteiger partial charge on any atom is -0.457 e. The van der Waals surface area contributed by atoms with Crippen molar-refractivity contribution in [2.24, 2.45) is 0 Å². The third kappa shape index (κ3) is 5.48. The molecule has 2 heterocycles. The summed E-state index contributed by atoms with van der Waals surface area (Å²) in [5.41, 5.74) is 8.88. The number of carbonyl (C=O) groups is 1. The molecule has 2 bridgehead atoms. The lowest BCUT2D eigenvalue weighted by Gasteiger charge is -2.40. The molecule has 0 saturated carbocycles. The molecule has 0 atom stereocenters. The maximum atomic E-state index is 13.1. The average Bonchev–Trinajstić information content (AvgIpc) is 2.97. The van der Waals surface area contributed by atoms with Gasteiger partial charge in [0.1, 0.15) is 17.2 Å². The second-order valence-corrected chi connectivity index (χ2v) is 13.5. The number of aryl methyl sites for hydroxylation is 2. The van der Waals surface area contributed by atoms with Gasteiger partial charge in [0, 0.05) is 34.6 Å². The van der Waals surface area contributed by atoms with Crippen LogP contribution in [0.5, 0.6) is 17.2 Å². The van der Waals surface area contributed by atoms with Crippen molar-refractivity contribution in [3.63, 3.8) is 0 Å². The third-order valence-electron chi connectivity index (χ3n) is 8.76. The van der Waals surface area contributed by atoms with Gasteiger partial charge in [0.05, 0.1) is 13.2 Å². The zero-order valence-electron chi connectivity index (χ0n) is 26.4. The standard InChI is InChI=1S/C38H40O5/c1-23-17-30(37(6,7)31-19-27-21-40-38(8)41-22-28(20-31)35(27)43-38)18-24(2)34(23)42-32-15-11-26(12-16-32)33(39)25-9-13-29(14-10-25)36(3,4)5/h9-20H,21-22H2,1-8H3. The number of ether oxygens (including phenoxy) is 4. The number of rotatable bonds is 6. The lowest BCUT2D eigenvalue weighted by atomic mass is 9.76. The summed E-state index contributed by atoms with van der Waals surface area (Å²) >= 11 is 0. The number of ketones is 1. The Balaban J connectivity index is 1.21. The van der Waals surface area contributed by atoms with Gasteiger partial charge < -0.3 is 18.9 Å². The molecule has 0 aliphatic carbocycles. The highest BCUT2D eigenvalue weighted by Gasteiger charge is 2.40. The predicted molar refractivity (Wildman–Crippen MR) is 168 cm³/mol. The molecule has 5 nitrogen and oxygen atoms in total. The molecule has 4 aromatic rings. The van der Waals surface area contributed by atoms with Crippen LogP contribution in [0.15, 0.2) is 72.8 Å². The molecular weight excluding hydrogens is 536 g/mol. The normalized spacial score (nSPS) is 15.5. The molecular formula is C38H40O5. The van der Waals surface area contributed by atoms with Gasteiger partial charge in [-0.25, -0.2) is 0 Å². The van der Waals surface area contributed by atoms with E-state index in [9.17, 15) is 4.79 Å². The minimum absolute atomic E-state index is 0.000910. The Morgan fingerprint density at radius 1 is 0.721 bits per heavy atom. The van der Waals surface area contributed by atoms with E-state index in [1.165, 1.54) is 16.7 Å². The average molecular weight is 577 g/mol. The third-order valence-corrected chi connectivity index (χ3v) is 8.76. The first-order valence-corrected chi connectivity index (χ1v) is 14.9. The quantitative estimate of drug-likeness (QED) is 0.214. The van der Waals surface area contributed by atoms with Gasteiger partial charge in [-0.05, 0) is 83.5 Å². The van der Waals surface area contributed by atoms with E-state index in [2.05, 4.69) is 72.7 Å². The largest absolute Gasteiger partial charge is 0.457 e. The SMILES string of the molecule is Cc1cc(C(C)(C)c2cc3c4c(c2)COC(C)(OC3)O4)cc(C)c1Oc1ccc(C(=O)c2ccc(C(C)(C)C)cc2)cc1. The number of carbonyl (C=O) groups excluding carboxylic acids is 1. The predicted octanol–water partition coefficient (Wildman–Crippen LogP) is 9.06. The van der Waals surface area contributed by atoms with Crippen LogP contribution in [0.2, 0.25) is 0 Å². The van der Waals surface area contributed by atoms with Crippen molar-refractivity contribution in [2.45, 2.75) is 85.4 Å². The van der Waals surface area contributed by atoms with Crippen LogP contribution in [-0.2, 0) is 33.5 Å². The van der Waals surface area contributed by atoms with Crippen LogP contribution < -0.4 is 9.47 Å². The monoisotopic (exact) mass is 576 g/mol. The number of hydrogen-bond acceptors (Lipinski definition) is 5. The Bertz CT molecular complexity index is 1650. The lowest BCUT2D eigenvalue weighted by Crippen LogP contribution is -2.44.